The van der Waals surface area contributed by atoms with Crippen molar-refractivity contribution in [2.45, 2.75) is 6.04 Å². The van der Waals surface area contributed by atoms with Crippen molar-refractivity contribution in [2.24, 2.45) is 0 Å². The molecule has 0 aromatic heterocycles. The van der Waals surface area contributed by atoms with Gasteiger partial charge in [-0.3, -0.25) is 14.9 Å². The molecule has 1 rings (SSSR count). The molecule has 1 saturated heterocycles. The van der Waals surface area contributed by atoms with Crippen molar-refractivity contribution in [3.8, 4) is 0 Å². The lowest BCUT2D eigenvalue weighted by atomic mass is 10.1. The SMILES string of the molecule is O=C(O)CNC1CNC1=O. The van der Waals surface area contributed by atoms with Gasteiger partial charge in [-0.2, -0.15) is 0 Å². The minimum absolute atomic E-state index is 0.124. The second-order valence-corrected chi connectivity index (χ2v) is 2.07. The van der Waals surface area contributed by atoms with Gasteiger partial charge in [0.25, 0.3) is 0 Å². The monoisotopic (exact) mass is 144 g/mol. The molecule has 0 bridgehead atoms. The first-order chi connectivity index (χ1) is 4.70. The van der Waals surface area contributed by atoms with Crippen molar-refractivity contribution in [1.82, 2.24) is 10.6 Å². The number of rotatable bonds is 3. The summed E-state index contributed by atoms with van der Waals surface area (Å²) in [4.78, 5) is 20.4. The van der Waals surface area contributed by atoms with Gasteiger partial charge in [0.1, 0.15) is 6.04 Å². The summed E-state index contributed by atoms with van der Waals surface area (Å²) in [6.45, 7) is 0.379. The second-order valence-electron chi connectivity index (χ2n) is 2.07. The van der Waals surface area contributed by atoms with Gasteiger partial charge in [0, 0.05) is 6.54 Å². The van der Waals surface area contributed by atoms with E-state index in [1.54, 1.807) is 0 Å². The van der Waals surface area contributed by atoms with E-state index in [4.69, 9.17) is 5.11 Å². The topological polar surface area (TPSA) is 78.4 Å². The molecule has 1 atom stereocenters. The summed E-state index contributed by atoms with van der Waals surface area (Å²) >= 11 is 0. The van der Waals surface area contributed by atoms with Crippen LogP contribution in [0, 0.1) is 0 Å². The van der Waals surface area contributed by atoms with Crippen LogP contribution in [0.2, 0.25) is 0 Å². The number of hydrogen-bond donors (Lipinski definition) is 3. The highest BCUT2D eigenvalue weighted by Crippen LogP contribution is 1.91. The molecule has 1 aliphatic rings. The highest BCUT2D eigenvalue weighted by atomic mass is 16.4. The fraction of sp³-hybridized carbons (Fsp3) is 0.600. The predicted octanol–water partition coefficient (Wildman–Crippen LogP) is -1.84. The molecule has 1 heterocycles. The number of hydrogen-bond acceptors (Lipinski definition) is 3. The van der Waals surface area contributed by atoms with Gasteiger partial charge in [-0.15, -0.1) is 0 Å². The van der Waals surface area contributed by atoms with E-state index < -0.39 is 5.97 Å². The van der Waals surface area contributed by atoms with Gasteiger partial charge in [-0.25, -0.2) is 0 Å². The highest BCUT2D eigenvalue weighted by molar-refractivity contribution is 5.88. The Bertz CT molecular complexity index is 168. The molecular formula is C5H8N2O3. The maximum atomic E-state index is 10.5. The Morgan fingerprint density at radius 1 is 1.90 bits per heavy atom. The van der Waals surface area contributed by atoms with Crippen LogP contribution < -0.4 is 10.6 Å². The number of aliphatic carboxylic acids is 1. The maximum absolute atomic E-state index is 10.5. The Morgan fingerprint density at radius 2 is 2.60 bits per heavy atom. The lowest BCUT2D eigenvalue weighted by molar-refractivity contribution is -0.136. The molecule has 0 saturated carbocycles. The van der Waals surface area contributed by atoms with Crippen LogP contribution in [0.25, 0.3) is 0 Å². The molecule has 5 nitrogen and oxygen atoms in total. The van der Waals surface area contributed by atoms with Gasteiger partial charge in [0.05, 0.1) is 6.54 Å². The third-order valence-electron chi connectivity index (χ3n) is 1.30. The summed E-state index contributed by atoms with van der Waals surface area (Å²) in [5, 5.41) is 13.2. The fourth-order valence-electron chi connectivity index (χ4n) is 0.663. The first kappa shape index (κ1) is 7.01. The van der Waals surface area contributed by atoms with Crippen LogP contribution in [0.3, 0.4) is 0 Å². The van der Waals surface area contributed by atoms with E-state index in [0.717, 1.165) is 0 Å². The first-order valence-corrected chi connectivity index (χ1v) is 2.93. The third kappa shape index (κ3) is 1.44. The highest BCUT2D eigenvalue weighted by Gasteiger charge is 2.26. The molecule has 1 amide bonds. The molecule has 56 valence electrons. The molecule has 1 aliphatic heterocycles. The largest absolute Gasteiger partial charge is 0.480 e. The fourth-order valence-corrected chi connectivity index (χ4v) is 0.663. The smallest absolute Gasteiger partial charge is 0.317 e. The predicted molar refractivity (Wildman–Crippen MR) is 32.4 cm³/mol. The molecule has 10 heavy (non-hydrogen) atoms. The number of carboxylic acid groups (broad SMARTS) is 1. The molecular weight excluding hydrogens is 136 g/mol. The summed E-state index contributed by atoms with van der Waals surface area (Å²) in [5.41, 5.74) is 0. The van der Waals surface area contributed by atoms with Crippen molar-refractivity contribution in [3.05, 3.63) is 0 Å². The van der Waals surface area contributed by atoms with E-state index >= 15 is 0 Å². The molecule has 0 spiro atoms. The molecule has 0 radical (unpaired) electrons. The van der Waals surface area contributed by atoms with Crippen molar-refractivity contribution >= 4 is 11.9 Å². The van der Waals surface area contributed by atoms with Crippen molar-refractivity contribution in [1.29, 1.82) is 0 Å². The van der Waals surface area contributed by atoms with Crippen LogP contribution >= 0.6 is 0 Å². The minimum Gasteiger partial charge on any atom is -0.480 e. The molecule has 0 aromatic rings. The van der Waals surface area contributed by atoms with E-state index in [0.29, 0.717) is 6.54 Å². The summed E-state index contributed by atoms with van der Waals surface area (Å²) in [5.74, 6) is -1.07. The number of β-lactam (4-membered cyclic amide) rings is 1. The molecule has 1 fully saturated rings. The van der Waals surface area contributed by atoms with E-state index in [9.17, 15) is 9.59 Å². The number of nitrogens with one attached hydrogen (secondary N) is 2. The van der Waals surface area contributed by atoms with E-state index in [2.05, 4.69) is 10.6 Å². The Hall–Kier alpha value is -1.10. The normalized spacial score (nSPS) is 23.2. The average molecular weight is 144 g/mol. The summed E-state index contributed by atoms with van der Waals surface area (Å²) in [6.07, 6.45) is 0. The molecule has 0 aliphatic carbocycles. The van der Waals surface area contributed by atoms with Gasteiger partial charge in [-0.05, 0) is 0 Å². The number of amides is 1. The van der Waals surface area contributed by atoms with Crippen LogP contribution in [0.1, 0.15) is 0 Å². The van der Waals surface area contributed by atoms with Crippen molar-refractivity contribution < 1.29 is 14.7 Å². The Morgan fingerprint density at radius 3 is 2.90 bits per heavy atom. The van der Waals surface area contributed by atoms with Crippen LogP contribution in [0.4, 0.5) is 0 Å². The summed E-state index contributed by atoms with van der Waals surface area (Å²) in [7, 11) is 0. The number of carbonyl (C=O) groups excluding carboxylic acids is 1. The second kappa shape index (κ2) is 2.66. The Balaban J connectivity index is 2.14. The zero-order valence-electron chi connectivity index (χ0n) is 5.26. The Kier molecular flexibility index (Phi) is 1.86. The number of carboxylic acids is 1. The van der Waals surface area contributed by atoms with Gasteiger partial charge in [0.15, 0.2) is 0 Å². The summed E-state index contributed by atoms with van der Waals surface area (Å²) < 4.78 is 0. The molecule has 0 aromatic carbocycles. The average Bonchev–Trinajstić information content (AvgIpc) is 1.84. The van der Waals surface area contributed by atoms with Gasteiger partial charge in [0.2, 0.25) is 5.91 Å². The van der Waals surface area contributed by atoms with Gasteiger partial charge < -0.3 is 10.4 Å². The molecule has 5 heteroatoms. The van der Waals surface area contributed by atoms with Gasteiger partial charge in [-0.1, -0.05) is 0 Å². The van der Waals surface area contributed by atoms with E-state index in [1.807, 2.05) is 0 Å². The van der Waals surface area contributed by atoms with Crippen molar-refractivity contribution in [3.63, 3.8) is 0 Å². The maximum Gasteiger partial charge on any atom is 0.317 e. The van der Waals surface area contributed by atoms with Crippen LogP contribution in [-0.4, -0.2) is 36.1 Å². The van der Waals surface area contributed by atoms with Crippen molar-refractivity contribution in [2.75, 3.05) is 13.1 Å². The zero-order valence-corrected chi connectivity index (χ0v) is 5.26. The standard InChI is InChI=1S/C5H8N2O3/c8-4(9)2-6-3-1-7-5(3)10/h3,6H,1-2H2,(H,7,10)(H,8,9). The third-order valence-corrected chi connectivity index (χ3v) is 1.30. The Labute approximate surface area is 57.4 Å². The van der Waals surface area contributed by atoms with E-state index in [-0.39, 0.29) is 18.5 Å². The van der Waals surface area contributed by atoms with Gasteiger partial charge >= 0.3 is 5.97 Å². The zero-order chi connectivity index (χ0) is 7.56. The molecule has 3 N–H and O–H groups in total. The lowest BCUT2D eigenvalue weighted by Crippen LogP contribution is -2.61. The first-order valence-electron chi connectivity index (χ1n) is 2.93. The van der Waals surface area contributed by atoms with Crippen LogP contribution in [0.15, 0.2) is 0 Å². The number of carbonyl (C=O) groups is 2. The van der Waals surface area contributed by atoms with Crippen LogP contribution in [0.5, 0.6) is 0 Å². The molecule has 1 unspecified atom stereocenters. The lowest BCUT2D eigenvalue weighted by Gasteiger charge is -2.25. The summed E-state index contributed by atoms with van der Waals surface area (Å²) in [6, 6.07) is -0.295. The van der Waals surface area contributed by atoms with Crippen LogP contribution in [-0.2, 0) is 9.59 Å². The minimum atomic E-state index is -0.945. The van der Waals surface area contributed by atoms with E-state index in [1.165, 1.54) is 0 Å². The quantitative estimate of drug-likeness (QED) is 0.407.